The molecule has 0 aliphatic heterocycles. The minimum absolute atomic E-state index is 0. The van der Waals surface area contributed by atoms with E-state index < -0.39 is 0 Å². The van der Waals surface area contributed by atoms with E-state index in [0.29, 0.717) is 0 Å². The van der Waals surface area contributed by atoms with E-state index in [2.05, 4.69) is 0 Å². The molecule has 0 amide bonds. The molecule has 20 valence electrons. The fraction of sp³-hybridized carbons (Fsp3) is 0. The zero-order valence-corrected chi connectivity index (χ0v) is 6.38. The van der Waals surface area contributed by atoms with Gasteiger partial charge < -0.3 is 0 Å². The minimum atomic E-state index is 0. The van der Waals surface area contributed by atoms with E-state index in [9.17, 15) is 0 Å². The summed E-state index contributed by atoms with van der Waals surface area (Å²) in [6.45, 7) is 0. The summed E-state index contributed by atoms with van der Waals surface area (Å²) in [5.41, 5.74) is 0. The van der Waals surface area contributed by atoms with Crippen LogP contribution in [0.1, 0.15) is 0 Å². The first-order chi connectivity index (χ1) is 0. The summed E-state index contributed by atoms with van der Waals surface area (Å²) in [4.78, 5) is 0. The average molecular weight is 105 g/mol. The van der Waals surface area contributed by atoms with E-state index in [1.807, 2.05) is 0 Å². The largest absolute Gasteiger partial charge is 0 e. The van der Waals surface area contributed by atoms with Crippen LogP contribution in [0.5, 0.6) is 0 Å². The van der Waals surface area contributed by atoms with Crippen molar-refractivity contribution in [1.82, 2.24) is 0 Å². The van der Waals surface area contributed by atoms with Gasteiger partial charge in [0.15, 0.2) is 0 Å². The third kappa shape index (κ3) is 89.7. The second kappa shape index (κ2) is 124. The molecule has 0 unspecified atom stereocenters. The van der Waals surface area contributed by atoms with Crippen LogP contribution < -0.4 is 0 Å². The van der Waals surface area contributed by atoms with Gasteiger partial charge in [-0.15, -0.1) is 0 Å². The fourth-order valence-corrected chi connectivity index (χ4v) is 0. The van der Waals surface area contributed by atoms with Gasteiger partial charge in [0.1, 0.15) is 0 Å². The molecule has 0 spiro atoms. The molecule has 0 aromatic rings. The first kappa shape index (κ1) is 186. The molecule has 0 rings (SSSR count). The smallest absolute Gasteiger partial charge is 0 e. The van der Waals surface area contributed by atoms with Gasteiger partial charge in [0.2, 0.25) is 0 Å². The summed E-state index contributed by atoms with van der Waals surface area (Å²) in [7, 11) is 0. The molecule has 0 fully saturated rings. The van der Waals surface area contributed by atoms with Crippen LogP contribution in [-0.4, -0.2) is 88.2 Å². The maximum Gasteiger partial charge on any atom is 0 e. The van der Waals surface area contributed by atoms with Crippen molar-refractivity contribution in [3.05, 3.63) is 0 Å². The Morgan fingerprint density at radius 2 is 0.286 bits per heavy atom. The Balaban J connectivity index is 0. The second-order valence-corrected chi connectivity index (χ2v) is 0. The summed E-state index contributed by atoms with van der Waals surface area (Å²) < 4.78 is 0. The zero-order chi connectivity index (χ0) is 0. The van der Waals surface area contributed by atoms with Crippen molar-refractivity contribution in [2.24, 2.45) is 0 Å². The van der Waals surface area contributed by atoms with E-state index in [1.54, 1.807) is 0 Å². The molecule has 7 heteroatoms. The molecule has 0 aliphatic rings. The van der Waals surface area contributed by atoms with Crippen LogP contribution in [-0.2, 0) is 0 Å². The maximum absolute atomic E-state index is 0. The monoisotopic (exact) mass is 106 g/mol. The van der Waals surface area contributed by atoms with Gasteiger partial charge in [0, 0.05) is 88.2 Å². The van der Waals surface area contributed by atoms with E-state index in [4.69, 9.17) is 0 Å². The third-order valence-corrected chi connectivity index (χ3v) is 0. The Morgan fingerprint density at radius 1 is 0.286 bits per heavy atom. The second-order valence-electron chi connectivity index (χ2n) is 0. The van der Waals surface area contributed by atoms with Crippen LogP contribution >= 0.6 is 0 Å². The Kier molecular flexibility index (Phi) is 3300. The Bertz CT molecular complexity index is 4.14. The summed E-state index contributed by atoms with van der Waals surface area (Å²) in [6, 6.07) is 0. The predicted octanol–water partition coefficient (Wildman–Crippen LogP) is -2.67. The van der Waals surface area contributed by atoms with Crippen LogP contribution in [0.3, 0.4) is 0 Å². The molecule has 7 heavy (non-hydrogen) atoms. The van der Waals surface area contributed by atoms with Crippen LogP contribution in [0.4, 0.5) is 0 Å². The van der Waals surface area contributed by atoms with E-state index >= 15 is 0 Å². The third-order valence-electron chi connectivity index (χ3n) is 0. The van der Waals surface area contributed by atoms with Gasteiger partial charge in [0.05, 0.1) is 0 Å². The predicted molar refractivity (Wildman–Crippen MR) is 40.3 cm³/mol. The first-order valence-corrected chi connectivity index (χ1v) is 0. The molecular weight excluding hydrogens is 105 g/mol. The van der Waals surface area contributed by atoms with Gasteiger partial charge in [0.25, 0.3) is 0 Å². The van der Waals surface area contributed by atoms with Gasteiger partial charge in [-0.2, -0.15) is 0 Å². The van der Waals surface area contributed by atoms with Crippen LogP contribution in [0.25, 0.3) is 0 Å². The maximum atomic E-state index is 0. The minimum Gasteiger partial charge on any atom is 0 e. The van der Waals surface area contributed by atoms with Crippen molar-refractivity contribution in [1.29, 1.82) is 0 Å². The SMILES string of the molecule is [B].[B].[B].[B].[B].[B].[Ca]. The van der Waals surface area contributed by atoms with Gasteiger partial charge in [-0.1, -0.05) is 0 Å². The summed E-state index contributed by atoms with van der Waals surface area (Å²) >= 11 is 0. The molecule has 0 N–H and O–H groups in total. The number of hydrogen-bond donors (Lipinski definition) is 0. The van der Waals surface area contributed by atoms with Crippen molar-refractivity contribution < 1.29 is 0 Å². The quantitative estimate of drug-likeness (QED) is 0.295. The molecular formula is B6Ca. The zero-order valence-electron chi connectivity index (χ0n) is 4.17. The van der Waals surface area contributed by atoms with Gasteiger partial charge >= 0.3 is 0 Å². The topological polar surface area (TPSA) is 0 Å². The Morgan fingerprint density at radius 3 is 0.286 bits per heavy atom. The van der Waals surface area contributed by atoms with E-state index in [0.717, 1.165) is 0 Å². The number of hydrogen-bond acceptors (Lipinski definition) is 0. The molecule has 0 bridgehead atoms. The standard InChI is InChI=1S/6B.Ca. The van der Waals surface area contributed by atoms with Crippen molar-refractivity contribution in [3.8, 4) is 0 Å². The molecule has 0 aromatic heterocycles. The summed E-state index contributed by atoms with van der Waals surface area (Å²) in [5.74, 6) is 0. The van der Waals surface area contributed by atoms with Crippen LogP contribution in [0.15, 0.2) is 0 Å². The van der Waals surface area contributed by atoms with Gasteiger partial charge in [-0.25, -0.2) is 0 Å². The molecule has 20 radical (unpaired) electrons. The van der Waals surface area contributed by atoms with E-state index in [-0.39, 0.29) is 88.2 Å². The normalized spacial score (nSPS) is 0. The Labute approximate surface area is 87.4 Å². The van der Waals surface area contributed by atoms with Gasteiger partial charge in [-0.3, -0.25) is 0 Å². The van der Waals surface area contributed by atoms with Crippen molar-refractivity contribution >= 4 is 88.2 Å². The van der Waals surface area contributed by atoms with Crippen LogP contribution in [0, 0.1) is 0 Å². The molecule has 0 atom stereocenters. The van der Waals surface area contributed by atoms with Crippen molar-refractivity contribution in [2.45, 2.75) is 0 Å². The molecule has 0 saturated heterocycles. The first-order valence-electron chi connectivity index (χ1n) is 0. The summed E-state index contributed by atoms with van der Waals surface area (Å²) in [5, 5.41) is 0. The van der Waals surface area contributed by atoms with Crippen molar-refractivity contribution in [3.63, 3.8) is 0 Å². The Hall–Kier alpha value is 1.65. The molecule has 0 heterocycles. The molecule has 0 nitrogen and oxygen atoms in total. The van der Waals surface area contributed by atoms with Gasteiger partial charge in [-0.05, 0) is 0 Å². The van der Waals surface area contributed by atoms with E-state index in [1.165, 1.54) is 0 Å². The van der Waals surface area contributed by atoms with Crippen LogP contribution in [0.2, 0.25) is 0 Å². The molecule has 0 aromatic carbocycles. The fourth-order valence-electron chi connectivity index (χ4n) is 0. The molecule has 0 saturated carbocycles. The average Bonchev–Trinajstić information content (AvgIpc) is 0. The van der Waals surface area contributed by atoms with Crippen molar-refractivity contribution in [2.75, 3.05) is 0 Å². The summed E-state index contributed by atoms with van der Waals surface area (Å²) in [6.07, 6.45) is 0. The number of rotatable bonds is 0. The molecule has 0 aliphatic carbocycles.